The standard InChI is InChI=1S/C27H24N6O3S/c1-35-22-9-7-21(8-10-22)33-24(15-19-5-3-2-4-6-19)31-32-27(33)37-18-25-30-23(17-36-25)26(34)29-16-20-11-13-28-14-12-20/h2-14,17H,15-16,18H2,1H3,(H,29,34). The Bertz CT molecular complexity index is 1450. The Balaban J connectivity index is 1.30. The summed E-state index contributed by atoms with van der Waals surface area (Å²) in [6, 6.07) is 21.6. The number of oxazole rings is 1. The first-order valence-corrected chi connectivity index (χ1v) is 12.5. The molecule has 0 saturated heterocycles. The quantitative estimate of drug-likeness (QED) is 0.273. The number of methoxy groups -OCH3 is 1. The zero-order valence-corrected chi connectivity index (χ0v) is 20.9. The summed E-state index contributed by atoms with van der Waals surface area (Å²) >= 11 is 1.43. The van der Waals surface area contributed by atoms with Crippen LogP contribution >= 0.6 is 11.8 Å². The number of hydrogen-bond acceptors (Lipinski definition) is 8. The Morgan fingerprint density at radius 3 is 2.54 bits per heavy atom. The van der Waals surface area contributed by atoms with Crippen molar-refractivity contribution >= 4 is 17.7 Å². The van der Waals surface area contributed by atoms with Crippen molar-refractivity contribution in [1.82, 2.24) is 30.0 Å². The molecule has 0 radical (unpaired) electrons. The van der Waals surface area contributed by atoms with Crippen LogP contribution in [0.1, 0.15) is 33.3 Å². The summed E-state index contributed by atoms with van der Waals surface area (Å²) in [5.41, 5.74) is 3.23. The Hall–Kier alpha value is -4.44. The molecule has 2 aromatic carbocycles. The smallest absolute Gasteiger partial charge is 0.273 e. The molecule has 37 heavy (non-hydrogen) atoms. The number of rotatable bonds is 10. The minimum absolute atomic E-state index is 0.228. The van der Waals surface area contributed by atoms with E-state index in [1.165, 1.54) is 18.0 Å². The molecule has 0 saturated carbocycles. The molecule has 1 amide bonds. The lowest BCUT2D eigenvalue weighted by molar-refractivity contribution is 0.0946. The lowest BCUT2D eigenvalue weighted by Gasteiger charge is -2.11. The van der Waals surface area contributed by atoms with E-state index in [0.717, 1.165) is 28.4 Å². The average molecular weight is 513 g/mol. The van der Waals surface area contributed by atoms with Crippen LogP contribution in [0.4, 0.5) is 0 Å². The van der Waals surface area contributed by atoms with Gasteiger partial charge < -0.3 is 14.5 Å². The number of carbonyl (C=O) groups excluding carboxylic acids is 1. The second kappa shape index (κ2) is 11.5. The van der Waals surface area contributed by atoms with Crippen LogP contribution in [0, 0.1) is 0 Å². The van der Waals surface area contributed by atoms with Crippen LogP contribution in [0.5, 0.6) is 5.75 Å². The summed E-state index contributed by atoms with van der Waals surface area (Å²) in [4.78, 5) is 20.8. The summed E-state index contributed by atoms with van der Waals surface area (Å²) in [6.07, 6.45) is 5.36. The maximum absolute atomic E-state index is 12.5. The zero-order valence-electron chi connectivity index (χ0n) is 20.1. The van der Waals surface area contributed by atoms with Gasteiger partial charge >= 0.3 is 0 Å². The van der Waals surface area contributed by atoms with Crippen LogP contribution in [0.3, 0.4) is 0 Å². The number of amides is 1. The largest absolute Gasteiger partial charge is 0.497 e. The third-order valence-corrected chi connectivity index (χ3v) is 6.46. The number of nitrogens with one attached hydrogen (secondary N) is 1. The molecule has 0 spiro atoms. The molecule has 0 aliphatic carbocycles. The average Bonchev–Trinajstić information content (AvgIpc) is 3.59. The molecule has 3 aromatic heterocycles. The molecule has 0 fully saturated rings. The van der Waals surface area contributed by atoms with Crippen molar-refractivity contribution in [3.63, 3.8) is 0 Å². The fraction of sp³-hybridized carbons (Fsp3) is 0.148. The molecular formula is C27H24N6O3S. The van der Waals surface area contributed by atoms with Gasteiger partial charge in [-0.2, -0.15) is 0 Å². The van der Waals surface area contributed by atoms with Gasteiger partial charge in [0.15, 0.2) is 10.9 Å². The van der Waals surface area contributed by atoms with Crippen LogP contribution in [-0.4, -0.2) is 37.7 Å². The first-order valence-electron chi connectivity index (χ1n) is 11.6. The van der Waals surface area contributed by atoms with E-state index in [9.17, 15) is 4.79 Å². The maximum atomic E-state index is 12.5. The number of pyridine rings is 1. The van der Waals surface area contributed by atoms with Crippen molar-refractivity contribution in [2.24, 2.45) is 0 Å². The van der Waals surface area contributed by atoms with Crippen LogP contribution in [0.25, 0.3) is 5.69 Å². The highest BCUT2D eigenvalue weighted by molar-refractivity contribution is 7.98. The van der Waals surface area contributed by atoms with E-state index in [-0.39, 0.29) is 11.6 Å². The molecule has 0 aliphatic heterocycles. The Morgan fingerprint density at radius 1 is 1.00 bits per heavy atom. The molecule has 186 valence electrons. The van der Waals surface area contributed by atoms with Gasteiger partial charge in [-0.15, -0.1) is 10.2 Å². The van der Waals surface area contributed by atoms with Gasteiger partial charge in [0.1, 0.15) is 17.8 Å². The summed E-state index contributed by atoms with van der Waals surface area (Å²) in [5.74, 6) is 2.08. The fourth-order valence-corrected chi connectivity index (χ4v) is 4.48. The highest BCUT2D eigenvalue weighted by Crippen LogP contribution is 2.27. The normalized spacial score (nSPS) is 10.8. The third-order valence-electron chi connectivity index (χ3n) is 5.55. The van der Waals surface area contributed by atoms with Crippen LogP contribution in [0.2, 0.25) is 0 Å². The fourth-order valence-electron chi connectivity index (χ4n) is 3.66. The molecule has 3 heterocycles. The Kier molecular flexibility index (Phi) is 7.56. The van der Waals surface area contributed by atoms with Crippen molar-refractivity contribution in [1.29, 1.82) is 0 Å². The lowest BCUT2D eigenvalue weighted by atomic mass is 10.1. The second-order valence-electron chi connectivity index (χ2n) is 8.05. The number of ether oxygens (including phenoxy) is 1. The van der Waals surface area contributed by atoms with E-state index in [0.29, 0.717) is 29.8 Å². The summed E-state index contributed by atoms with van der Waals surface area (Å²) in [7, 11) is 1.64. The number of thioether (sulfide) groups is 1. The predicted octanol–water partition coefficient (Wildman–Crippen LogP) is 4.47. The van der Waals surface area contributed by atoms with Crippen molar-refractivity contribution in [3.8, 4) is 11.4 Å². The Morgan fingerprint density at radius 2 is 1.78 bits per heavy atom. The first kappa shape index (κ1) is 24.3. The molecule has 10 heteroatoms. The van der Waals surface area contributed by atoms with E-state index < -0.39 is 0 Å². The van der Waals surface area contributed by atoms with E-state index in [1.54, 1.807) is 19.5 Å². The molecule has 0 aliphatic rings. The maximum Gasteiger partial charge on any atom is 0.273 e. The minimum atomic E-state index is -0.302. The molecular weight excluding hydrogens is 488 g/mol. The minimum Gasteiger partial charge on any atom is -0.497 e. The van der Waals surface area contributed by atoms with Crippen LogP contribution < -0.4 is 10.1 Å². The van der Waals surface area contributed by atoms with E-state index in [1.807, 2.05) is 59.2 Å². The number of aromatic nitrogens is 5. The third kappa shape index (κ3) is 6.04. The number of nitrogens with zero attached hydrogens (tertiary/aromatic N) is 5. The van der Waals surface area contributed by atoms with E-state index in [2.05, 4.69) is 37.6 Å². The van der Waals surface area contributed by atoms with Gasteiger partial charge in [-0.3, -0.25) is 14.3 Å². The molecule has 0 unspecified atom stereocenters. The lowest BCUT2D eigenvalue weighted by Crippen LogP contribution is -2.23. The van der Waals surface area contributed by atoms with Crippen LogP contribution in [0.15, 0.2) is 95.0 Å². The van der Waals surface area contributed by atoms with Gasteiger partial charge in [0.2, 0.25) is 5.89 Å². The summed E-state index contributed by atoms with van der Waals surface area (Å²) < 4.78 is 12.9. The SMILES string of the molecule is COc1ccc(-n2c(Cc3ccccc3)nnc2SCc2nc(C(=O)NCc3ccncc3)co2)cc1. The van der Waals surface area contributed by atoms with E-state index in [4.69, 9.17) is 9.15 Å². The monoisotopic (exact) mass is 512 g/mol. The predicted molar refractivity (Wildman–Crippen MR) is 139 cm³/mol. The van der Waals surface area contributed by atoms with Crippen molar-refractivity contribution in [3.05, 3.63) is 114 Å². The summed E-state index contributed by atoms with van der Waals surface area (Å²) in [5, 5.41) is 12.4. The second-order valence-corrected chi connectivity index (χ2v) is 8.99. The Labute approximate surface area is 217 Å². The number of hydrogen-bond donors (Lipinski definition) is 1. The van der Waals surface area contributed by atoms with Gasteiger partial charge in [0.05, 0.1) is 12.9 Å². The van der Waals surface area contributed by atoms with E-state index >= 15 is 0 Å². The molecule has 0 atom stereocenters. The number of carbonyl (C=O) groups is 1. The zero-order chi connectivity index (χ0) is 25.5. The molecule has 5 aromatic rings. The topological polar surface area (TPSA) is 108 Å². The van der Waals surface area contributed by atoms with Crippen molar-refractivity contribution in [2.45, 2.75) is 23.9 Å². The highest BCUT2D eigenvalue weighted by atomic mass is 32.2. The van der Waals surface area contributed by atoms with Gasteiger partial charge in [-0.1, -0.05) is 42.1 Å². The molecule has 0 bridgehead atoms. The van der Waals surface area contributed by atoms with Gasteiger partial charge in [0.25, 0.3) is 5.91 Å². The van der Waals surface area contributed by atoms with Gasteiger partial charge in [-0.25, -0.2) is 4.98 Å². The molecule has 1 N–H and O–H groups in total. The van der Waals surface area contributed by atoms with Crippen molar-refractivity contribution < 1.29 is 13.9 Å². The molecule has 9 nitrogen and oxygen atoms in total. The van der Waals surface area contributed by atoms with Crippen molar-refractivity contribution in [2.75, 3.05) is 7.11 Å². The number of benzene rings is 2. The highest BCUT2D eigenvalue weighted by Gasteiger charge is 2.18. The molecule has 5 rings (SSSR count). The van der Waals surface area contributed by atoms with Crippen LogP contribution in [-0.2, 0) is 18.7 Å². The van der Waals surface area contributed by atoms with Gasteiger partial charge in [0, 0.05) is 31.0 Å². The first-order chi connectivity index (χ1) is 18.2. The summed E-state index contributed by atoms with van der Waals surface area (Å²) in [6.45, 7) is 0.382. The van der Waals surface area contributed by atoms with Gasteiger partial charge in [-0.05, 0) is 47.5 Å².